The van der Waals surface area contributed by atoms with Crippen LogP contribution in [-0.2, 0) is 27.2 Å². The Morgan fingerprint density at radius 1 is 0.707 bits per heavy atom. The molecule has 4 rings (SSSR count). The Hall–Kier alpha value is -4.63. The van der Waals surface area contributed by atoms with E-state index < -0.39 is 42.0 Å². The summed E-state index contributed by atoms with van der Waals surface area (Å²) in [5.41, 5.74) is 6.86. The highest BCUT2D eigenvalue weighted by Gasteiger charge is 2.36. The molecule has 0 spiro atoms. The van der Waals surface area contributed by atoms with E-state index in [-0.39, 0.29) is 46.7 Å². The molecule has 2 aliphatic carbocycles. The van der Waals surface area contributed by atoms with E-state index in [1.807, 2.05) is 27.7 Å². The number of aliphatic carboxylic acids is 1. The number of hydrogen-bond donors (Lipinski definition) is 2. The summed E-state index contributed by atoms with van der Waals surface area (Å²) in [5, 5.41) is 35.3. The average molecular weight is 798 g/mol. The van der Waals surface area contributed by atoms with Gasteiger partial charge in [0.2, 0.25) is 0 Å². The third-order valence-electron chi connectivity index (χ3n) is 11.9. The molecule has 316 valence electrons. The number of quaternary nitrogens is 1. The summed E-state index contributed by atoms with van der Waals surface area (Å²) >= 11 is 0. The molecule has 0 saturated heterocycles. The van der Waals surface area contributed by atoms with Crippen LogP contribution in [0.15, 0.2) is 71.9 Å². The summed E-state index contributed by atoms with van der Waals surface area (Å²) in [4.78, 5) is 40.2. The van der Waals surface area contributed by atoms with Gasteiger partial charge in [0.1, 0.15) is 29.5 Å². The molecule has 0 amide bonds. The molecule has 0 heterocycles. The second kappa shape index (κ2) is 20.9. The second-order valence-electron chi connectivity index (χ2n) is 17.4. The van der Waals surface area contributed by atoms with Gasteiger partial charge in [-0.05, 0) is 126 Å². The topological polar surface area (TPSA) is 133 Å². The molecule has 0 fully saturated rings. The molecule has 4 atom stereocenters. The quantitative estimate of drug-likeness (QED) is 0.0446. The van der Waals surface area contributed by atoms with Crippen molar-refractivity contribution in [3.05, 3.63) is 94.1 Å². The highest BCUT2D eigenvalue weighted by Crippen LogP contribution is 2.48. The van der Waals surface area contributed by atoms with E-state index in [0.29, 0.717) is 24.0 Å². The van der Waals surface area contributed by atoms with E-state index >= 15 is 0 Å². The van der Waals surface area contributed by atoms with E-state index in [4.69, 9.17) is 9.47 Å². The number of aryl methyl sites for hydroxylation is 2. The molecular weight excluding hydrogens is 731 g/mol. The number of phenolic OH excluding ortho intramolecular Hbond substituents is 2. The number of aromatic hydroxyl groups is 2. The van der Waals surface area contributed by atoms with E-state index in [9.17, 15) is 29.7 Å². The van der Waals surface area contributed by atoms with Gasteiger partial charge >= 0.3 is 11.9 Å². The zero-order valence-electron chi connectivity index (χ0n) is 36.1. The first kappa shape index (κ1) is 46.1. The highest BCUT2D eigenvalue weighted by molar-refractivity contribution is 5.78. The number of benzene rings is 2. The molecule has 0 radical (unpaired) electrons. The van der Waals surface area contributed by atoms with Gasteiger partial charge in [-0.15, -0.1) is 0 Å². The first-order valence-corrected chi connectivity index (χ1v) is 21.3. The van der Waals surface area contributed by atoms with Crippen LogP contribution in [0, 0.1) is 11.8 Å². The predicted octanol–water partition coefficient (Wildman–Crippen LogP) is 9.30. The number of phenols is 2. The van der Waals surface area contributed by atoms with Gasteiger partial charge in [0.25, 0.3) is 0 Å². The first-order chi connectivity index (χ1) is 27.4. The lowest BCUT2D eigenvalue weighted by molar-refractivity contribution is -0.889. The fourth-order valence-corrected chi connectivity index (χ4v) is 8.85. The van der Waals surface area contributed by atoms with Crippen molar-refractivity contribution in [3.63, 3.8) is 0 Å². The number of unbranched alkanes of at least 4 members (excludes halogenated alkanes) is 4. The van der Waals surface area contributed by atoms with Crippen molar-refractivity contribution >= 4 is 17.9 Å². The molecule has 0 aliphatic heterocycles. The highest BCUT2D eigenvalue weighted by atomic mass is 16.5. The van der Waals surface area contributed by atoms with Crippen molar-refractivity contribution in [2.75, 3.05) is 26.7 Å². The molecule has 2 aromatic rings. The van der Waals surface area contributed by atoms with Crippen LogP contribution in [-0.4, -0.2) is 59.3 Å². The average Bonchev–Trinajstić information content (AvgIpc) is 3.10. The zero-order valence-corrected chi connectivity index (χ0v) is 36.1. The molecule has 9 nitrogen and oxygen atoms in total. The van der Waals surface area contributed by atoms with Crippen molar-refractivity contribution in [1.29, 1.82) is 0 Å². The third kappa shape index (κ3) is 12.4. The maximum atomic E-state index is 14.0. The Kier molecular flexibility index (Phi) is 16.6. The van der Waals surface area contributed by atoms with Crippen LogP contribution < -0.4 is 14.6 Å². The lowest BCUT2D eigenvalue weighted by atomic mass is 9.73. The van der Waals surface area contributed by atoms with Crippen LogP contribution in [0.1, 0.15) is 140 Å². The third-order valence-corrected chi connectivity index (χ3v) is 11.9. The van der Waals surface area contributed by atoms with E-state index in [0.717, 1.165) is 97.6 Å². The van der Waals surface area contributed by atoms with Crippen molar-refractivity contribution in [3.8, 4) is 23.0 Å². The Balaban J connectivity index is 1.68. The summed E-state index contributed by atoms with van der Waals surface area (Å²) < 4.78 is 11.6. The summed E-state index contributed by atoms with van der Waals surface area (Å²) in [5.74, 6) is -3.04. The summed E-state index contributed by atoms with van der Waals surface area (Å²) in [6, 6.07) is 7.09. The van der Waals surface area contributed by atoms with Crippen molar-refractivity contribution in [1.82, 2.24) is 0 Å². The maximum absolute atomic E-state index is 14.0. The summed E-state index contributed by atoms with van der Waals surface area (Å²) in [6.45, 7) is 19.0. The summed E-state index contributed by atoms with van der Waals surface area (Å²) in [6.07, 6.45) is 14.9. The van der Waals surface area contributed by atoms with Gasteiger partial charge in [-0.2, -0.15) is 0 Å². The van der Waals surface area contributed by atoms with Crippen LogP contribution in [0.2, 0.25) is 0 Å². The fourth-order valence-electron chi connectivity index (χ4n) is 8.85. The number of likely N-dealkylation sites (N-methyl/N-ethyl adjacent to an activating group) is 1. The van der Waals surface area contributed by atoms with Crippen LogP contribution in [0.5, 0.6) is 23.0 Å². The molecule has 0 saturated carbocycles. The standard InChI is InChI=1S/C49H67NO8/c1-10-12-14-16-35-24-41(51)48(39-22-33(7)18-20-37(39)31(3)4)43(26-35)57-46(55)29-50(9,28-45(53)54)30-47(56)58-44-27-36(17-15-13-11-2)25-42(52)49(44)40-23-34(8)19-21-38(40)32(5)6/h22-27,37-40H,3,5,10-21,28-30H2,1-2,4,6-9H3,(H2-,51,52,53,54)/t37-,38-,39+,40+/m0/s1. The number of carbonyl (C=O) groups is 3. The van der Waals surface area contributed by atoms with E-state index in [1.54, 1.807) is 24.3 Å². The number of carbonyl (C=O) groups excluding carboxylic acids is 3. The number of carboxylic acid groups (broad SMARTS) is 1. The number of rotatable bonds is 20. The molecule has 58 heavy (non-hydrogen) atoms. The Labute approximate surface area is 346 Å². The van der Waals surface area contributed by atoms with Gasteiger partial charge in [0, 0.05) is 23.0 Å². The van der Waals surface area contributed by atoms with E-state index in [1.165, 1.54) is 7.05 Å². The molecular formula is C49H67NO8. The van der Waals surface area contributed by atoms with Gasteiger partial charge in [-0.1, -0.05) is 87.1 Å². The van der Waals surface area contributed by atoms with Crippen LogP contribution >= 0.6 is 0 Å². The number of carboxylic acids is 1. The zero-order chi connectivity index (χ0) is 42.7. The number of ether oxygens (including phenoxy) is 2. The monoisotopic (exact) mass is 797 g/mol. The van der Waals surface area contributed by atoms with Crippen molar-refractivity contribution in [2.45, 2.75) is 130 Å². The van der Waals surface area contributed by atoms with Gasteiger partial charge in [-0.25, -0.2) is 9.59 Å². The Morgan fingerprint density at radius 2 is 1.10 bits per heavy atom. The molecule has 0 unspecified atom stereocenters. The van der Waals surface area contributed by atoms with E-state index in [2.05, 4.69) is 39.2 Å². The normalized spacial score (nSPS) is 19.5. The Morgan fingerprint density at radius 3 is 1.45 bits per heavy atom. The van der Waals surface area contributed by atoms with Crippen molar-refractivity contribution < 1.29 is 43.7 Å². The number of esters is 2. The molecule has 2 N–H and O–H groups in total. The van der Waals surface area contributed by atoms with Gasteiger partial charge in [0.15, 0.2) is 13.1 Å². The number of allylic oxidation sites excluding steroid dienone is 6. The molecule has 9 heteroatoms. The fraction of sp³-hybridized carbons (Fsp3) is 0.531. The van der Waals surface area contributed by atoms with Gasteiger partial charge in [-0.3, -0.25) is 0 Å². The largest absolute Gasteiger partial charge is 0.544 e. The van der Waals surface area contributed by atoms with Gasteiger partial charge in [0.05, 0.1) is 13.0 Å². The van der Waals surface area contributed by atoms with Crippen LogP contribution in [0.25, 0.3) is 0 Å². The molecule has 2 aromatic carbocycles. The molecule has 0 aromatic heterocycles. The van der Waals surface area contributed by atoms with Crippen LogP contribution in [0.3, 0.4) is 0 Å². The summed E-state index contributed by atoms with van der Waals surface area (Å²) in [7, 11) is 1.48. The molecule has 0 bridgehead atoms. The van der Waals surface area contributed by atoms with Crippen LogP contribution in [0.4, 0.5) is 0 Å². The number of hydrogen-bond acceptors (Lipinski definition) is 8. The predicted molar refractivity (Wildman–Crippen MR) is 228 cm³/mol. The minimum Gasteiger partial charge on any atom is -0.544 e. The maximum Gasteiger partial charge on any atom is 0.367 e. The Bertz CT molecular complexity index is 1780. The van der Waals surface area contributed by atoms with Crippen molar-refractivity contribution in [2.24, 2.45) is 11.8 Å². The second-order valence-corrected chi connectivity index (χ2v) is 17.4. The minimum absolute atomic E-state index is 0.0139. The van der Waals surface area contributed by atoms with Gasteiger partial charge < -0.3 is 34.1 Å². The smallest absolute Gasteiger partial charge is 0.367 e. The number of nitrogens with zero attached hydrogens (tertiary/aromatic N) is 1. The molecule has 2 aliphatic rings. The lowest BCUT2D eigenvalue weighted by Gasteiger charge is -2.34. The minimum atomic E-state index is -1.45. The SMILES string of the molecule is C=C(C)[C@@H]1CCC(C)=C[C@H]1c1c(O)cc(CCCCC)cc1OC(=O)C[N+](C)(CC(=O)[O-])CC(=O)Oc1cc(CCCCC)cc(O)c1[C@@H]1C=C(C)CC[C@H]1C(=C)C. The lowest BCUT2D eigenvalue weighted by Crippen LogP contribution is -2.57. The first-order valence-electron chi connectivity index (χ1n) is 21.3.